The molecule has 2 N–H and O–H groups in total. The Hall–Kier alpha value is -1.05. The van der Waals surface area contributed by atoms with Crippen molar-refractivity contribution in [2.45, 2.75) is 49.9 Å². The number of rotatable bonds is 7. The van der Waals surface area contributed by atoms with E-state index in [0.29, 0.717) is 12.1 Å². The highest BCUT2D eigenvalue weighted by Gasteiger charge is 2.19. The van der Waals surface area contributed by atoms with Gasteiger partial charge >= 0.3 is 0 Å². The molecule has 0 radical (unpaired) electrons. The topological polar surface area (TPSA) is 75.3 Å². The molecule has 0 spiro atoms. The van der Waals surface area contributed by atoms with Crippen molar-refractivity contribution >= 4 is 33.4 Å². The molecule has 1 amide bonds. The fraction of sp³-hybridized carbons (Fsp3) is 0.533. The Morgan fingerprint density at radius 1 is 1.27 bits per heavy atom. The van der Waals surface area contributed by atoms with E-state index in [0.717, 1.165) is 4.90 Å². The van der Waals surface area contributed by atoms with E-state index in [1.807, 2.05) is 20.1 Å². The highest BCUT2D eigenvalue weighted by Crippen LogP contribution is 2.28. The molecule has 22 heavy (non-hydrogen) atoms. The van der Waals surface area contributed by atoms with Crippen molar-refractivity contribution in [2.24, 2.45) is 5.92 Å². The Balaban J connectivity index is 3.16. The molecule has 1 aromatic rings. The van der Waals surface area contributed by atoms with Crippen molar-refractivity contribution in [3.05, 3.63) is 18.2 Å². The number of sulfonamides is 1. The molecule has 0 bridgehead atoms. The Labute approximate surface area is 137 Å². The lowest BCUT2D eigenvalue weighted by Crippen LogP contribution is -2.32. The van der Waals surface area contributed by atoms with Crippen LogP contribution < -0.4 is 10.0 Å². The van der Waals surface area contributed by atoms with Gasteiger partial charge in [0, 0.05) is 16.9 Å². The van der Waals surface area contributed by atoms with E-state index in [1.165, 1.54) is 17.8 Å². The average Bonchev–Trinajstić information content (AvgIpc) is 2.46. The summed E-state index contributed by atoms with van der Waals surface area (Å²) in [5.41, 5.74) is 0.526. The van der Waals surface area contributed by atoms with Crippen LogP contribution in [0, 0.1) is 5.92 Å². The number of carbonyl (C=O) groups is 1. The van der Waals surface area contributed by atoms with Crippen LogP contribution in [0.1, 0.15) is 34.1 Å². The summed E-state index contributed by atoms with van der Waals surface area (Å²) in [6.45, 7) is 7.31. The molecule has 0 aliphatic heterocycles. The minimum atomic E-state index is -3.59. The predicted octanol–water partition coefficient (Wildman–Crippen LogP) is 3.08. The van der Waals surface area contributed by atoms with Gasteiger partial charge in [-0.15, -0.1) is 11.8 Å². The van der Waals surface area contributed by atoms with E-state index in [4.69, 9.17) is 0 Å². The standard InChI is InChI=1S/C15H24N2O3S2/c1-6-11(4)17-22(19,20)12-7-8-14(21-5)13(9-12)16-15(18)10(2)3/h7-11,17H,6H2,1-5H3,(H,16,18). The highest BCUT2D eigenvalue weighted by atomic mass is 32.2. The Kier molecular flexibility index (Phi) is 6.90. The lowest BCUT2D eigenvalue weighted by Gasteiger charge is -2.15. The Bertz CT molecular complexity index is 628. The molecule has 0 saturated heterocycles. The fourth-order valence-electron chi connectivity index (χ4n) is 1.65. The van der Waals surface area contributed by atoms with Gasteiger partial charge in [0.25, 0.3) is 0 Å². The molecule has 1 rings (SSSR count). The molecular formula is C15H24N2O3S2. The second-order valence-electron chi connectivity index (χ2n) is 5.44. The van der Waals surface area contributed by atoms with Crippen molar-refractivity contribution in [3.63, 3.8) is 0 Å². The summed E-state index contributed by atoms with van der Waals surface area (Å²) in [5, 5.41) is 2.79. The summed E-state index contributed by atoms with van der Waals surface area (Å²) in [6.07, 6.45) is 2.59. The summed E-state index contributed by atoms with van der Waals surface area (Å²) in [5.74, 6) is -0.312. The molecule has 0 fully saturated rings. The van der Waals surface area contributed by atoms with Crippen molar-refractivity contribution < 1.29 is 13.2 Å². The summed E-state index contributed by atoms with van der Waals surface area (Å²) >= 11 is 1.46. The van der Waals surface area contributed by atoms with Crippen molar-refractivity contribution in [2.75, 3.05) is 11.6 Å². The zero-order chi connectivity index (χ0) is 16.9. The molecule has 7 heteroatoms. The van der Waals surface area contributed by atoms with E-state index >= 15 is 0 Å². The normalized spacial score (nSPS) is 13.2. The van der Waals surface area contributed by atoms with Crippen LogP contribution in [0.5, 0.6) is 0 Å². The molecule has 0 heterocycles. The maximum atomic E-state index is 12.3. The van der Waals surface area contributed by atoms with E-state index < -0.39 is 10.0 Å². The second kappa shape index (κ2) is 7.99. The van der Waals surface area contributed by atoms with E-state index in [1.54, 1.807) is 26.0 Å². The zero-order valence-electron chi connectivity index (χ0n) is 13.6. The first kappa shape index (κ1) is 19.0. The van der Waals surface area contributed by atoms with Crippen LogP contribution in [-0.2, 0) is 14.8 Å². The molecule has 0 saturated carbocycles. The monoisotopic (exact) mass is 344 g/mol. The van der Waals surface area contributed by atoms with Crippen molar-refractivity contribution in [3.8, 4) is 0 Å². The third-order valence-corrected chi connectivity index (χ3v) is 5.62. The van der Waals surface area contributed by atoms with Gasteiger partial charge in [-0.3, -0.25) is 4.79 Å². The van der Waals surface area contributed by atoms with E-state index in [-0.39, 0.29) is 22.8 Å². The van der Waals surface area contributed by atoms with Gasteiger partial charge in [-0.1, -0.05) is 20.8 Å². The molecular weight excluding hydrogens is 320 g/mol. The number of nitrogens with one attached hydrogen (secondary N) is 2. The van der Waals surface area contributed by atoms with Gasteiger partial charge < -0.3 is 5.32 Å². The molecule has 0 aliphatic carbocycles. The van der Waals surface area contributed by atoms with E-state index in [2.05, 4.69) is 10.0 Å². The minimum Gasteiger partial charge on any atom is -0.325 e. The van der Waals surface area contributed by atoms with E-state index in [9.17, 15) is 13.2 Å². The van der Waals surface area contributed by atoms with Gasteiger partial charge in [0.05, 0.1) is 10.6 Å². The van der Waals surface area contributed by atoms with Gasteiger partial charge in [-0.2, -0.15) is 0 Å². The number of anilines is 1. The van der Waals surface area contributed by atoms with Crippen LogP contribution in [0.3, 0.4) is 0 Å². The lowest BCUT2D eigenvalue weighted by atomic mass is 10.2. The Morgan fingerprint density at radius 2 is 1.91 bits per heavy atom. The van der Waals surface area contributed by atoms with Crippen molar-refractivity contribution in [1.29, 1.82) is 0 Å². The zero-order valence-corrected chi connectivity index (χ0v) is 15.3. The number of carbonyl (C=O) groups excluding carboxylic acids is 1. The van der Waals surface area contributed by atoms with Crippen LogP contribution in [0.25, 0.3) is 0 Å². The SMILES string of the molecule is CCC(C)NS(=O)(=O)c1ccc(SC)c(NC(=O)C(C)C)c1. The molecule has 1 atom stereocenters. The van der Waals surface area contributed by atoms with Crippen LogP contribution >= 0.6 is 11.8 Å². The van der Waals surface area contributed by atoms with Gasteiger partial charge in [-0.25, -0.2) is 13.1 Å². The molecule has 0 aromatic heterocycles. The Morgan fingerprint density at radius 3 is 2.41 bits per heavy atom. The van der Waals surface area contributed by atoms with Gasteiger partial charge in [0.15, 0.2) is 0 Å². The maximum Gasteiger partial charge on any atom is 0.240 e. The third-order valence-electron chi connectivity index (χ3n) is 3.23. The van der Waals surface area contributed by atoms with Crippen LogP contribution in [0.2, 0.25) is 0 Å². The van der Waals surface area contributed by atoms with Crippen LogP contribution in [-0.4, -0.2) is 26.6 Å². The molecule has 0 aliphatic rings. The lowest BCUT2D eigenvalue weighted by molar-refractivity contribution is -0.118. The van der Waals surface area contributed by atoms with Gasteiger partial charge in [0.2, 0.25) is 15.9 Å². The summed E-state index contributed by atoms with van der Waals surface area (Å²) < 4.78 is 27.3. The number of amides is 1. The molecule has 124 valence electrons. The molecule has 5 nitrogen and oxygen atoms in total. The fourth-order valence-corrected chi connectivity index (χ4v) is 3.53. The smallest absolute Gasteiger partial charge is 0.240 e. The summed E-state index contributed by atoms with van der Waals surface area (Å²) in [6, 6.07) is 4.64. The third kappa shape index (κ3) is 5.00. The first-order chi connectivity index (χ1) is 10.2. The first-order valence-electron chi connectivity index (χ1n) is 7.22. The number of thioether (sulfide) groups is 1. The number of benzene rings is 1. The van der Waals surface area contributed by atoms with Crippen LogP contribution in [0.15, 0.2) is 28.0 Å². The van der Waals surface area contributed by atoms with Crippen LogP contribution in [0.4, 0.5) is 5.69 Å². The number of hydrogen-bond acceptors (Lipinski definition) is 4. The van der Waals surface area contributed by atoms with Crippen molar-refractivity contribution in [1.82, 2.24) is 4.72 Å². The first-order valence-corrected chi connectivity index (χ1v) is 9.93. The maximum absolute atomic E-state index is 12.3. The number of hydrogen-bond donors (Lipinski definition) is 2. The quantitative estimate of drug-likeness (QED) is 0.745. The summed E-state index contributed by atoms with van der Waals surface area (Å²) in [7, 11) is -3.59. The summed E-state index contributed by atoms with van der Waals surface area (Å²) in [4.78, 5) is 12.9. The van der Waals surface area contributed by atoms with Gasteiger partial charge in [-0.05, 0) is 37.8 Å². The largest absolute Gasteiger partial charge is 0.325 e. The molecule has 1 aromatic carbocycles. The highest BCUT2D eigenvalue weighted by molar-refractivity contribution is 7.98. The predicted molar refractivity (Wildman–Crippen MR) is 91.8 cm³/mol. The minimum absolute atomic E-state index is 0.139. The molecule has 1 unspecified atom stereocenters. The second-order valence-corrected chi connectivity index (χ2v) is 8.00. The van der Waals surface area contributed by atoms with Gasteiger partial charge in [0.1, 0.15) is 0 Å². The average molecular weight is 345 g/mol.